The first kappa shape index (κ1) is 7.47. The minimum absolute atomic E-state index is 0.150. The molecule has 44 valence electrons. The molecule has 0 saturated heterocycles. The Hall–Kier alpha value is 0.467. The molecular formula is C4H11ClOSi. The van der Waals surface area contributed by atoms with E-state index in [0.29, 0.717) is 0 Å². The molecule has 0 saturated carbocycles. The fourth-order valence-electron chi connectivity index (χ4n) is 0.188. The van der Waals surface area contributed by atoms with E-state index in [1.54, 1.807) is 0 Å². The van der Waals surface area contributed by atoms with Gasteiger partial charge in [0.2, 0.25) is 0 Å². The zero-order valence-corrected chi connectivity index (χ0v) is 7.70. The van der Waals surface area contributed by atoms with E-state index in [-0.39, 0.29) is 11.5 Å². The molecule has 2 atom stereocenters. The molecule has 2 unspecified atom stereocenters. The van der Waals surface area contributed by atoms with Crippen molar-refractivity contribution < 1.29 is 4.43 Å². The van der Waals surface area contributed by atoms with Crippen LogP contribution < -0.4 is 0 Å². The van der Waals surface area contributed by atoms with Gasteiger partial charge in [-0.1, -0.05) is 0 Å². The van der Waals surface area contributed by atoms with Crippen LogP contribution in [0, 0.1) is 0 Å². The Labute approximate surface area is 52.5 Å². The lowest BCUT2D eigenvalue weighted by Gasteiger charge is -2.10. The summed E-state index contributed by atoms with van der Waals surface area (Å²) in [5.74, 6) is 0. The number of halogens is 1. The van der Waals surface area contributed by atoms with Crippen LogP contribution in [-0.4, -0.2) is 22.0 Å². The average Bonchev–Trinajstić information content (AvgIpc) is 1.65. The summed E-state index contributed by atoms with van der Waals surface area (Å²) in [6.07, 6.45) is 0.230. The molecule has 0 amide bonds. The SMILES string of the molecule is CC(Cl)C(C)O[SiH3]. The van der Waals surface area contributed by atoms with Crippen LogP contribution in [-0.2, 0) is 4.43 Å². The van der Waals surface area contributed by atoms with Crippen molar-refractivity contribution in [3.05, 3.63) is 0 Å². The van der Waals surface area contributed by atoms with Crippen LogP contribution in [0.25, 0.3) is 0 Å². The van der Waals surface area contributed by atoms with Gasteiger partial charge in [0.05, 0.1) is 11.5 Å². The summed E-state index contributed by atoms with van der Waals surface area (Å²) >= 11 is 5.63. The first-order valence-electron chi connectivity index (χ1n) is 2.35. The Kier molecular flexibility index (Phi) is 3.70. The van der Waals surface area contributed by atoms with E-state index >= 15 is 0 Å². The molecule has 0 aromatic heterocycles. The van der Waals surface area contributed by atoms with E-state index in [4.69, 9.17) is 16.0 Å². The monoisotopic (exact) mass is 138 g/mol. The molecule has 0 spiro atoms. The van der Waals surface area contributed by atoms with Gasteiger partial charge in [0.1, 0.15) is 10.5 Å². The van der Waals surface area contributed by atoms with E-state index in [1.807, 2.05) is 13.8 Å². The van der Waals surface area contributed by atoms with Crippen LogP contribution in [0.1, 0.15) is 13.8 Å². The summed E-state index contributed by atoms with van der Waals surface area (Å²) in [7, 11) is 0.786. The van der Waals surface area contributed by atoms with Crippen LogP contribution in [0.5, 0.6) is 0 Å². The maximum atomic E-state index is 5.63. The van der Waals surface area contributed by atoms with Gasteiger partial charge in [0.25, 0.3) is 0 Å². The number of hydrogen-bond acceptors (Lipinski definition) is 1. The highest BCUT2D eigenvalue weighted by atomic mass is 35.5. The Morgan fingerprint density at radius 2 is 2.00 bits per heavy atom. The van der Waals surface area contributed by atoms with Crippen molar-refractivity contribution in [2.24, 2.45) is 0 Å². The largest absolute Gasteiger partial charge is 0.424 e. The summed E-state index contributed by atoms with van der Waals surface area (Å²) in [5, 5.41) is 0.150. The molecule has 0 N–H and O–H groups in total. The molecule has 0 bridgehead atoms. The van der Waals surface area contributed by atoms with Gasteiger partial charge >= 0.3 is 0 Å². The van der Waals surface area contributed by atoms with Gasteiger partial charge in [-0.25, -0.2) is 0 Å². The van der Waals surface area contributed by atoms with Crippen LogP contribution in [0.2, 0.25) is 0 Å². The van der Waals surface area contributed by atoms with Crippen LogP contribution in [0.4, 0.5) is 0 Å². The second-order valence-corrected chi connectivity index (χ2v) is 2.78. The zero-order valence-electron chi connectivity index (χ0n) is 4.94. The van der Waals surface area contributed by atoms with Gasteiger partial charge in [-0.15, -0.1) is 11.6 Å². The van der Waals surface area contributed by atoms with Gasteiger partial charge in [-0.3, -0.25) is 0 Å². The molecule has 1 nitrogen and oxygen atoms in total. The summed E-state index contributed by atoms with van der Waals surface area (Å²) < 4.78 is 5.02. The average molecular weight is 139 g/mol. The van der Waals surface area contributed by atoms with E-state index in [9.17, 15) is 0 Å². The van der Waals surface area contributed by atoms with E-state index < -0.39 is 0 Å². The molecule has 7 heavy (non-hydrogen) atoms. The van der Waals surface area contributed by atoms with Gasteiger partial charge in [-0.2, -0.15) is 0 Å². The van der Waals surface area contributed by atoms with Crippen LogP contribution in [0.3, 0.4) is 0 Å². The molecule has 0 aliphatic heterocycles. The van der Waals surface area contributed by atoms with Crippen molar-refractivity contribution in [1.82, 2.24) is 0 Å². The van der Waals surface area contributed by atoms with Crippen LogP contribution in [0.15, 0.2) is 0 Å². The Morgan fingerprint density at radius 1 is 1.57 bits per heavy atom. The predicted molar refractivity (Wildman–Crippen MR) is 35.8 cm³/mol. The normalized spacial score (nSPS) is 19.3. The fraction of sp³-hybridized carbons (Fsp3) is 1.00. The minimum Gasteiger partial charge on any atom is -0.424 e. The topological polar surface area (TPSA) is 9.23 Å². The zero-order chi connectivity index (χ0) is 5.86. The second-order valence-electron chi connectivity index (χ2n) is 1.62. The molecule has 0 aliphatic carbocycles. The maximum Gasteiger partial charge on any atom is 0.146 e. The molecule has 0 aromatic carbocycles. The number of alkyl halides is 1. The van der Waals surface area contributed by atoms with Crippen LogP contribution >= 0.6 is 11.6 Å². The summed E-state index contributed by atoms with van der Waals surface area (Å²) in [4.78, 5) is 0. The lowest BCUT2D eigenvalue weighted by Crippen LogP contribution is -2.15. The Bertz CT molecular complexity index is 49.0. The molecular weight excluding hydrogens is 128 g/mol. The van der Waals surface area contributed by atoms with Gasteiger partial charge in [-0.05, 0) is 13.8 Å². The van der Waals surface area contributed by atoms with E-state index in [0.717, 1.165) is 10.5 Å². The van der Waals surface area contributed by atoms with Gasteiger partial charge in [0, 0.05) is 0 Å². The van der Waals surface area contributed by atoms with Crippen molar-refractivity contribution in [2.75, 3.05) is 0 Å². The standard InChI is InChI=1S/C4H11ClOSi/c1-3(5)4(2)6-7/h3-4H,1-2,7H3. The third kappa shape index (κ3) is 3.09. The smallest absolute Gasteiger partial charge is 0.146 e. The fourth-order valence-corrected chi connectivity index (χ4v) is 0.871. The second kappa shape index (κ2) is 3.47. The third-order valence-electron chi connectivity index (χ3n) is 1.02. The van der Waals surface area contributed by atoms with Gasteiger partial charge in [0.15, 0.2) is 0 Å². The quantitative estimate of drug-likeness (QED) is 0.394. The van der Waals surface area contributed by atoms with Crippen molar-refractivity contribution in [1.29, 1.82) is 0 Å². The number of hydrogen-bond donors (Lipinski definition) is 0. The molecule has 0 rings (SSSR count). The van der Waals surface area contributed by atoms with Crippen molar-refractivity contribution in [3.8, 4) is 0 Å². The molecule has 3 heteroatoms. The molecule has 0 aliphatic rings. The molecule has 0 fully saturated rings. The van der Waals surface area contributed by atoms with Crippen molar-refractivity contribution in [3.63, 3.8) is 0 Å². The first-order valence-corrected chi connectivity index (χ1v) is 3.60. The molecule has 0 heterocycles. The lowest BCUT2D eigenvalue weighted by atomic mass is 10.3. The Morgan fingerprint density at radius 3 is 2.00 bits per heavy atom. The van der Waals surface area contributed by atoms with E-state index in [2.05, 4.69) is 0 Å². The molecule has 0 radical (unpaired) electrons. The summed E-state index contributed by atoms with van der Waals surface area (Å²) in [6, 6.07) is 0. The highest BCUT2D eigenvalue weighted by Crippen LogP contribution is 2.02. The molecule has 0 aromatic rings. The lowest BCUT2D eigenvalue weighted by molar-refractivity contribution is 0.243. The highest BCUT2D eigenvalue weighted by molar-refractivity contribution is 6.20. The minimum atomic E-state index is 0.150. The van der Waals surface area contributed by atoms with E-state index in [1.165, 1.54) is 0 Å². The Balaban J connectivity index is 3.14. The highest BCUT2D eigenvalue weighted by Gasteiger charge is 2.03. The third-order valence-corrected chi connectivity index (χ3v) is 2.12. The van der Waals surface area contributed by atoms with Crippen molar-refractivity contribution >= 4 is 22.1 Å². The predicted octanol–water partition coefficient (Wildman–Crippen LogP) is 0.299. The van der Waals surface area contributed by atoms with Crippen molar-refractivity contribution in [2.45, 2.75) is 25.3 Å². The maximum absolute atomic E-state index is 5.63. The van der Waals surface area contributed by atoms with Gasteiger partial charge < -0.3 is 4.43 Å². The summed E-state index contributed by atoms with van der Waals surface area (Å²) in [5.41, 5.74) is 0. The number of rotatable bonds is 2. The summed E-state index contributed by atoms with van der Waals surface area (Å²) in [6.45, 7) is 3.91. The first-order chi connectivity index (χ1) is 3.18.